The molecule has 0 fully saturated rings. The van der Waals surface area contributed by atoms with Gasteiger partial charge in [-0.05, 0) is 29.7 Å². The summed E-state index contributed by atoms with van der Waals surface area (Å²) in [4.78, 5) is 16.9. The van der Waals surface area contributed by atoms with E-state index in [-0.39, 0.29) is 0 Å². The highest BCUT2D eigenvalue weighted by Gasteiger charge is 2.42. The summed E-state index contributed by atoms with van der Waals surface area (Å²) in [7, 11) is 0. The zero-order valence-corrected chi connectivity index (χ0v) is 13.5. The van der Waals surface area contributed by atoms with Crippen LogP contribution in [0.25, 0.3) is 0 Å². The van der Waals surface area contributed by atoms with Gasteiger partial charge in [0, 0.05) is 18.3 Å². The average molecular weight is 317 g/mol. The third-order valence-electron chi connectivity index (χ3n) is 4.45. The number of pyridine rings is 1. The maximum Gasteiger partial charge on any atom is 0.319 e. The number of carboxylic acids is 1. The van der Waals surface area contributed by atoms with Gasteiger partial charge < -0.3 is 5.11 Å². The molecular weight excluding hydrogens is 298 g/mol. The van der Waals surface area contributed by atoms with Gasteiger partial charge >= 0.3 is 5.97 Å². The van der Waals surface area contributed by atoms with Gasteiger partial charge in [-0.25, -0.2) is 0 Å². The van der Waals surface area contributed by atoms with Crippen molar-refractivity contribution < 1.29 is 9.90 Å². The van der Waals surface area contributed by atoms with E-state index in [9.17, 15) is 9.90 Å². The minimum atomic E-state index is -1.17. The zero-order valence-electron chi connectivity index (χ0n) is 13.5. The molecule has 2 aromatic carbocycles. The van der Waals surface area contributed by atoms with Gasteiger partial charge in [0.2, 0.25) is 0 Å². The minimum Gasteiger partial charge on any atom is -0.480 e. The highest BCUT2D eigenvalue weighted by Crippen LogP contribution is 2.36. The van der Waals surface area contributed by atoms with Gasteiger partial charge in [0.05, 0.1) is 0 Å². The Morgan fingerprint density at radius 2 is 1.46 bits per heavy atom. The van der Waals surface area contributed by atoms with Crippen LogP contribution in [0.15, 0.2) is 79.0 Å². The lowest BCUT2D eigenvalue weighted by atomic mass is 9.71. The summed E-state index contributed by atoms with van der Waals surface area (Å²) in [5.41, 5.74) is 2.15. The van der Waals surface area contributed by atoms with Crippen molar-refractivity contribution in [3.63, 3.8) is 0 Å². The second kappa shape index (κ2) is 6.67. The standard InChI is InChI=1S/C21H19NO2/c1-16-9-8-14-22-19(16)15-21(20(23)24,17-10-4-2-5-11-17)18-12-6-3-7-13-18/h2-14H,15H2,1H3,(H,23,24). The third kappa shape index (κ3) is 2.81. The Labute approximate surface area is 141 Å². The smallest absolute Gasteiger partial charge is 0.319 e. The number of aromatic nitrogens is 1. The molecule has 1 N–H and O–H groups in total. The summed E-state index contributed by atoms with van der Waals surface area (Å²) < 4.78 is 0. The monoisotopic (exact) mass is 317 g/mol. The minimum absolute atomic E-state index is 0.309. The summed E-state index contributed by atoms with van der Waals surface area (Å²) in [6.07, 6.45) is 2.02. The van der Waals surface area contributed by atoms with Crippen molar-refractivity contribution >= 4 is 5.97 Å². The Bertz CT molecular complexity index is 789. The lowest BCUT2D eigenvalue weighted by Gasteiger charge is -2.31. The van der Waals surface area contributed by atoms with Crippen molar-refractivity contribution in [1.29, 1.82) is 0 Å². The first-order valence-corrected chi connectivity index (χ1v) is 7.89. The fraction of sp³-hybridized carbons (Fsp3) is 0.143. The molecule has 1 heterocycles. The van der Waals surface area contributed by atoms with Gasteiger partial charge in [-0.15, -0.1) is 0 Å². The molecule has 3 heteroatoms. The van der Waals surface area contributed by atoms with Crippen LogP contribution in [-0.2, 0) is 16.6 Å². The van der Waals surface area contributed by atoms with Crippen LogP contribution >= 0.6 is 0 Å². The summed E-state index contributed by atoms with van der Waals surface area (Å²) in [5, 5.41) is 10.3. The molecule has 0 saturated heterocycles. The fourth-order valence-electron chi connectivity index (χ4n) is 3.09. The predicted molar refractivity (Wildman–Crippen MR) is 94.0 cm³/mol. The molecule has 3 nitrogen and oxygen atoms in total. The lowest BCUT2D eigenvalue weighted by Crippen LogP contribution is -2.39. The number of nitrogens with zero attached hydrogens (tertiary/aromatic N) is 1. The first-order chi connectivity index (χ1) is 11.6. The summed E-state index contributed by atoms with van der Waals surface area (Å²) in [6, 6.07) is 22.6. The maximum atomic E-state index is 12.5. The molecule has 0 bridgehead atoms. The number of hydrogen-bond donors (Lipinski definition) is 1. The normalized spacial score (nSPS) is 11.2. The van der Waals surface area contributed by atoms with Crippen molar-refractivity contribution in [1.82, 2.24) is 4.98 Å². The summed E-state index contributed by atoms with van der Waals surface area (Å²) in [6.45, 7) is 1.96. The highest BCUT2D eigenvalue weighted by molar-refractivity contribution is 5.86. The van der Waals surface area contributed by atoms with Gasteiger partial charge in [0.25, 0.3) is 0 Å². The molecule has 0 amide bonds. The Kier molecular flexibility index (Phi) is 4.43. The molecule has 120 valence electrons. The molecule has 0 radical (unpaired) electrons. The number of aryl methyl sites for hydroxylation is 1. The second-order valence-electron chi connectivity index (χ2n) is 5.89. The molecular formula is C21H19NO2. The van der Waals surface area contributed by atoms with E-state index in [1.807, 2.05) is 79.7 Å². The van der Waals surface area contributed by atoms with E-state index in [4.69, 9.17) is 0 Å². The number of carboxylic acid groups (broad SMARTS) is 1. The largest absolute Gasteiger partial charge is 0.480 e. The number of hydrogen-bond acceptors (Lipinski definition) is 2. The molecule has 3 aromatic rings. The van der Waals surface area contributed by atoms with Crippen molar-refractivity contribution in [2.75, 3.05) is 0 Å². The van der Waals surface area contributed by atoms with Gasteiger partial charge in [-0.3, -0.25) is 9.78 Å². The number of rotatable bonds is 5. The van der Waals surface area contributed by atoms with Crippen LogP contribution in [0.5, 0.6) is 0 Å². The summed E-state index contributed by atoms with van der Waals surface area (Å²) >= 11 is 0. The first kappa shape index (κ1) is 15.9. The second-order valence-corrected chi connectivity index (χ2v) is 5.89. The molecule has 0 atom stereocenters. The SMILES string of the molecule is Cc1cccnc1CC(C(=O)O)(c1ccccc1)c1ccccc1. The highest BCUT2D eigenvalue weighted by atomic mass is 16.4. The molecule has 0 aliphatic rings. The van der Waals surface area contributed by atoms with Gasteiger partial charge in [-0.1, -0.05) is 66.7 Å². The molecule has 1 aromatic heterocycles. The quantitative estimate of drug-likeness (QED) is 0.773. The number of aliphatic carboxylic acids is 1. The fourth-order valence-corrected chi connectivity index (χ4v) is 3.09. The molecule has 24 heavy (non-hydrogen) atoms. The van der Waals surface area contributed by atoms with E-state index in [1.165, 1.54) is 0 Å². The molecule has 3 rings (SSSR count). The van der Waals surface area contributed by atoms with Crippen LogP contribution in [0, 0.1) is 6.92 Å². The van der Waals surface area contributed by atoms with E-state index in [0.29, 0.717) is 6.42 Å². The van der Waals surface area contributed by atoms with Crippen molar-refractivity contribution in [3.8, 4) is 0 Å². The topological polar surface area (TPSA) is 50.2 Å². The van der Waals surface area contributed by atoms with Crippen molar-refractivity contribution in [3.05, 3.63) is 101 Å². The van der Waals surface area contributed by atoms with Crippen LogP contribution in [0.3, 0.4) is 0 Å². The molecule has 0 aliphatic carbocycles. The van der Waals surface area contributed by atoms with Crippen LogP contribution in [0.4, 0.5) is 0 Å². The Hall–Kier alpha value is -2.94. The van der Waals surface area contributed by atoms with E-state index in [2.05, 4.69) is 4.98 Å². The van der Waals surface area contributed by atoms with Crippen molar-refractivity contribution in [2.24, 2.45) is 0 Å². The molecule has 0 aliphatic heterocycles. The summed E-state index contributed by atoms with van der Waals surface area (Å²) in [5.74, 6) is -0.870. The Balaban J connectivity index is 2.23. The van der Waals surface area contributed by atoms with Crippen LogP contribution in [-0.4, -0.2) is 16.1 Å². The van der Waals surface area contributed by atoms with Crippen LogP contribution in [0.1, 0.15) is 22.4 Å². The zero-order chi connectivity index (χ0) is 17.0. The predicted octanol–water partition coefficient (Wildman–Crippen LogP) is 4.00. The molecule has 0 spiro atoms. The van der Waals surface area contributed by atoms with E-state index in [1.54, 1.807) is 6.20 Å². The van der Waals surface area contributed by atoms with Gasteiger partial charge in [0.15, 0.2) is 0 Å². The van der Waals surface area contributed by atoms with Crippen molar-refractivity contribution in [2.45, 2.75) is 18.8 Å². The van der Waals surface area contributed by atoms with Gasteiger partial charge in [0.1, 0.15) is 5.41 Å². The third-order valence-corrected chi connectivity index (χ3v) is 4.45. The Morgan fingerprint density at radius 3 is 1.92 bits per heavy atom. The first-order valence-electron chi connectivity index (χ1n) is 7.89. The number of benzene rings is 2. The maximum absolute atomic E-state index is 12.5. The van der Waals surface area contributed by atoms with E-state index < -0.39 is 11.4 Å². The van der Waals surface area contributed by atoms with Crippen LogP contribution < -0.4 is 0 Å². The Morgan fingerprint density at radius 1 is 0.917 bits per heavy atom. The van der Waals surface area contributed by atoms with E-state index >= 15 is 0 Å². The van der Waals surface area contributed by atoms with Crippen LogP contribution in [0.2, 0.25) is 0 Å². The van der Waals surface area contributed by atoms with Gasteiger partial charge in [-0.2, -0.15) is 0 Å². The van der Waals surface area contributed by atoms with E-state index in [0.717, 1.165) is 22.4 Å². The lowest BCUT2D eigenvalue weighted by molar-refractivity contribution is -0.142. The average Bonchev–Trinajstić information content (AvgIpc) is 2.62. The number of carbonyl (C=O) groups is 1. The molecule has 0 saturated carbocycles. The molecule has 0 unspecified atom stereocenters.